The van der Waals surface area contributed by atoms with Crippen molar-refractivity contribution in [3.05, 3.63) is 29.8 Å². The number of rotatable bonds is 13. The van der Waals surface area contributed by atoms with Crippen LogP contribution in [0.5, 0.6) is 5.75 Å². The molecule has 0 radical (unpaired) electrons. The SMILES string of the molecule is COc1ccccc1CN1CC(CO)OC(OC2C(O)C(CO)OC(OCC3OC(C)C(O)C(OC4OC(CO)C(O)C(O)C4O)C3O)C2O)C1. The fourth-order valence-corrected chi connectivity index (χ4v) is 6.72. The minimum absolute atomic E-state index is 0.179. The summed E-state index contributed by atoms with van der Waals surface area (Å²) >= 11 is 0. The summed E-state index contributed by atoms with van der Waals surface area (Å²) < 4.78 is 45.6. The standard InChI is InChI=1S/C32H51NO18/c1-14-22(37)29(51-32-27(42)26(41)23(38)18(11-35)49-32)25(40)20(46-14)13-45-31-28(43)30(24(39)19(12-36)48-31)50-21-9-33(8-16(10-34)47-21)7-15-5-3-4-6-17(15)44-2/h3-6,14,16,18-32,34-43H,7-13H2,1-2H3. The van der Waals surface area contributed by atoms with Gasteiger partial charge >= 0.3 is 0 Å². The van der Waals surface area contributed by atoms with Gasteiger partial charge in [-0.05, 0) is 13.0 Å². The van der Waals surface area contributed by atoms with E-state index in [9.17, 15) is 51.1 Å². The van der Waals surface area contributed by atoms with Gasteiger partial charge in [0.2, 0.25) is 0 Å². The minimum atomic E-state index is -1.80. The van der Waals surface area contributed by atoms with Crippen molar-refractivity contribution in [2.75, 3.05) is 46.6 Å². The molecule has 4 aliphatic heterocycles. The Balaban J connectivity index is 1.23. The number of nitrogens with zero attached hydrogens (tertiary/aromatic N) is 1. The smallest absolute Gasteiger partial charge is 0.187 e. The summed E-state index contributed by atoms with van der Waals surface area (Å²) in [6.07, 6.45) is -24.0. The van der Waals surface area contributed by atoms with Gasteiger partial charge in [0.15, 0.2) is 18.9 Å². The highest BCUT2D eigenvalue weighted by molar-refractivity contribution is 5.33. The fraction of sp³-hybridized carbons (Fsp3) is 0.812. The van der Waals surface area contributed by atoms with E-state index in [0.717, 1.165) is 5.56 Å². The number of aliphatic hydroxyl groups excluding tert-OH is 10. The van der Waals surface area contributed by atoms with Crippen LogP contribution in [0.1, 0.15) is 12.5 Å². The van der Waals surface area contributed by atoms with Gasteiger partial charge < -0.3 is 89.0 Å². The monoisotopic (exact) mass is 737 g/mol. The number of morpholine rings is 1. The molecule has 51 heavy (non-hydrogen) atoms. The number of hydrogen-bond donors (Lipinski definition) is 10. The summed E-state index contributed by atoms with van der Waals surface area (Å²) in [5, 5.41) is 104. The Morgan fingerprint density at radius 2 is 1.31 bits per heavy atom. The predicted molar refractivity (Wildman–Crippen MR) is 168 cm³/mol. The van der Waals surface area contributed by atoms with E-state index in [1.54, 1.807) is 7.11 Å². The van der Waals surface area contributed by atoms with Crippen LogP contribution in [0, 0.1) is 0 Å². The Morgan fingerprint density at radius 3 is 2.00 bits per heavy atom. The largest absolute Gasteiger partial charge is 0.496 e. The molecule has 0 aliphatic carbocycles. The predicted octanol–water partition coefficient (Wildman–Crippen LogP) is -5.25. The molecule has 17 unspecified atom stereocenters. The van der Waals surface area contributed by atoms with E-state index in [1.165, 1.54) is 6.92 Å². The molecule has 1 aromatic carbocycles. The van der Waals surface area contributed by atoms with Crippen molar-refractivity contribution in [1.29, 1.82) is 0 Å². The van der Waals surface area contributed by atoms with E-state index in [0.29, 0.717) is 18.8 Å². The first-order chi connectivity index (χ1) is 24.4. The summed E-state index contributed by atoms with van der Waals surface area (Å²) in [6, 6.07) is 7.43. The third-order valence-corrected chi connectivity index (χ3v) is 9.62. The summed E-state index contributed by atoms with van der Waals surface area (Å²) in [5.74, 6) is 0.672. The molecule has 19 nitrogen and oxygen atoms in total. The van der Waals surface area contributed by atoms with E-state index in [2.05, 4.69) is 0 Å². The maximum absolute atomic E-state index is 11.3. The number of benzene rings is 1. The normalized spacial score (nSPS) is 44.0. The summed E-state index contributed by atoms with van der Waals surface area (Å²) in [6.45, 7) is 0.227. The van der Waals surface area contributed by atoms with Gasteiger partial charge in [-0.2, -0.15) is 0 Å². The van der Waals surface area contributed by atoms with Crippen LogP contribution in [0.25, 0.3) is 0 Å². The van der Waals surface area contributed by atoms with Crippen LogP contribution in [-0.4, -0.2) is 207 Å². The van der Waals surface area contributed by atoms with E-state index >= 15 is 0 Å². The van der Waals surface area contributed by atoms with Crippen LogP contribution >= 0.6 is 0 Å². The molecule has 19 heteroatoms. The van der Waals surface area contributed by atoms with Crippen molar-refractivity contribution in [1.82, 2.24) is 4.90 Å². The molecular formula is C32H51NO18. The van der Waals surface area contributed by atoms with Gasteiger partial charge in [-0.25, -0.2) is 0 Å². The van der Waals surface area contributed by atoms with Gasteiger partial charge in [0.05, 0.1) is 45.7 Å². The second-order valence-electron chi connectivity index (χ2n) is 13.2. The molecule has 0 amide bonds. The molecule has 4 aliphatic rings. The van der Waals surface area contributed by atoms with Crippen molar-refractivity contribution in [3.8, 4) is 5.75 Å². The number of aliphatic hydroxyl groups is 10. The molecule has 5 rings (SSSR count). The Hall–Kier alpha value is -1.70. The fourth-order valence-electron chi connectivity index (χ4n) is 6.72. The Bertz CT molecular complexity index is 1220. The lowest BCUT2D eigenvalue weighted by Gasteiger charge is -2.47. The first-order valence-electron chi connectivity index (χ1n) is 16.9. The third-order valence-electron chi connectivity index (χ3n) is 9.62. The molecule has 4 heterocycles. The molecule has 4 saturated heterocycles. The van der Waals surface area contributed by atoms with Crippen molar-refractivity contribution in [2.24, 2.45) is 0 Å². The molecule has 10 N–H and O–H groups in total. The topological polar surface area (TPSA) is 279 Å². The average Bonchev–Trinajstić information content (AvgIpc) is 3.13. The molecule has 4 fully saturated rings. The highest BCUT2D eigenvalue weighted by Crippen LogP contribution is 2.32. The van der Waals surface area contributed by atoms with Gasteiger partial charge in [-0.3, -0.25) is 4.90 Å². The maximum Gasteiger partial charge on any atom is 0.187 e. The zero-order chi connectivity index (χ0) is 37.0. The molecule has 1 aromatic rings. The zero-order valence-corrected chi connectivity index (χ0v) is 28.3. The van der Waals surface area contributed by atoms with Gasteiger partial charge in [-0.15, -0.1) is 0 Å². The van der Waals surface area contributed by atoms with Crippen molar-refractivity contribution >= 4 is 0 Å². The first-order valence-corrected chi connectivity index (χ1v) is 16.9. The average molecular weight is 738 g/mol. The van der Waals surface area contributed by atoms with E-state index in [4.69, 9.17) is 37.9 Å². The van der Waals surface area contributed by atoms with Crippen molar-refractivity contribution in [3.63, 3.8) is 0 Å². The number of methoxy groups -OCH3 is 1. The third kappa shape index (κ3) is 9.16. The van der Waals surface area contributed by atoms with E-state index in [-0.39, 0.29) is 13.2 Å². The minimum Gasteiger partial charge on any atom is -0.496 e. The van der Waals surface area contributed by atoms with E-state index < -0.39 is 124 Å². The molecule has 292 valence electrons. The second-order valence-corrected chi connectivity index (χ2v) is 13.2. The highest BCUT2D eigenvalue weighted by Gasteiger charge is 2.51. The molecular weight excluding hydrogens is 686 g/mol. The number of hydrogen-bond acceptors (Lipinski definition) is 19. The second kappa shape index (κ2) is 18.1. The van der Waals surface area contributed by atoms with Gasteiger partial charge in [-0.1, -0.05) is 18.2 Å². The lowest BCUT2D eigenvalue weighted by atomic mass is 9.94. The summed E-state index contributed by atoms with van der Waals surface area (Å²) in [5.41, 5.74) is 0.882. The maximum atomic E-state index is 11.3. The summed E-state index contributed by atoms with van der Waals surface area (Å²) in [7, 11) is 1.56. The van der Waals surface area contributed by atoms with Gasteiger partial charge in [0.25, 0.3) is 0 Å². The lowest BCUT2D eigenvalue weighted by molar-refractivity contribution is -0.352. The van der Waals surface area contributed by atoms with Gasteiger partial charge in [0, 0.05) is 25.2 Å². The quantitative estimate of drug-likeness (QED) is 0.0905. The van der Waals surface area contributed by atoms with Crippen LogP contribution in [-0.2, 0) is 39.7 Å². The number of ether oxygens (including phenoxy) is 8. The van der Waals surface area contributed by atoms with Crippen LogP contribution in [0.3, 0.4) is 0 Å². The zero-order valence-electron chi connectivity index (χ0n) is 28.3. The van der Waals surface area contributed by atoms with Crippen molar-refractivity contribution in [2.45, 2.75) is 118 Å². The van der Waals surface area contributed by atoms with Crippen molar-refractivity contribution < 1.29 is 89.0 Å². The van der Waals surface area contributed by atoms with Crippen LogP contribution in [0.4, 0.5) is 0 Å². The van der Waals surface area contributed by atoms with E-state index in [1.807, 2.05) is 29.2 Å². The molecule has 0 spiro atoms. The van der Waals surface area contributed by atoms with Crippen LogP contribution in [0.2, 0.25) is 0 Å². The molecule has 17 atom stereocenters. The molecule has 0 aromatic heterocycles. The Labute approximate surface area is 294 Å². The Morgan fingerprint density at radius 1 is 0.667 bits per heavy atom. The highest BCUT2D eigenvalue weighted by atomic mass is 16.7. The summed E-state index contributed by atoms with van der Waals surface area (Å²) in [4.78, 5) is 1.96. The molecule has 0 saturated carbocycles. The lowest BCUT2D eigenvalue weighted by Crippen LogP contribution is -2.65. The van der Waals surface area contributed by atoms with Crippen LogP contribution < -0.4 is 4.74 Å². The first kappa shape index (κ1) is 40.5. The van der Waals surface area contributed by atoms with Gasteiger partial charge in [0.1, 0.15) is 79.0 Å². The molecule has 0 bridgehead atoms. The Kier molecular flexibility index (Phi) is 14.4. The number of para-hydroxylation sites is 1. The van der Waals surface area contributed by atoms with Crippen LogP contribution in [0.15, 0.2) is 24.3 Å².